The van der Waals surface area contributed by atoms with Crippen molar-refractivity contribution in [2.75, 3.05) is 36.9 Å². The molecule has 1 unspecified atom stereocenters. The summed E-state index contributed by atoms with van der Waals surface area (Å²) < 4.78 is 5.59. The van der Waals surface area contributed by atoms with Crippen molar-refractivity contribution in [2.45, 2.75) is 25.9 Å². The van der Waals surface area contributed by atoms with Crippen molar-refractivity contribution in [3.63, 3.8) is 0 Å². The van der Waals surface area contributed by atoms with E-state index in [0.717, 1.165) is 67.9 Å². The maximum absolute atomic E-state index is 5.81. The van der Waals surface area contributed by atoms with Crippen molar-refractivity contribution in [1.82, 2.24) is 15.3 Å². The van der Waals surface area contributed by atoms with Gasteiger partial charge in [0.2, 0.25) is 0 Å². The van der Waals surface area contributed by atoms with Crippen LogP contribution in [0, 0.1) is 0 Å². The summed E-state index contributed by atoms with van der Waals surface area (Å²) in [7, 11) is 0. The molecule has 1 fully saturated rings. The molecule has 0 aliphatic carbocycles. The number of nitrogens with two attached hydrogens (primary N) is 1. The molecule has 1 aromatic heterocycles. The van der Waals surface area contributed by atoms with Crippen molar-refractivity contribution in [3.8, 4) is 11.4 Å². The first-order valence-corrected chi connectivity index (χ1v) is 8.53. The summed E-state index contributed by atoms with van der Waals surface area (Å²) in [4.78, 5) is 12.1. The molecule has 126 valence electrons. The second-order valence-corrected chi connectivity index (χ2v) is 6.46. The zero-order valence-electron chi connectivity index (χ0n) is 14.0. The number of fused-ring (bicyclic) bond motifs is 1. The monoisotopic (exact) mass is 325 g/mol. The Morgan fingerprint density at radius 1 is 1.25 bits per heavy atom. The number of anilines is 2. The summed E-state index contributed by atoms with van der Waals surface area (Å²) in [5, 5.41) is 3.42. The normalized spacial score (nSPS) is 20.7. The highest BCUT2D eigenvalue weighted by molar-refractivity contribution is 5.63. The van der Waals surface area contributed by atoms with Gasteiger partial charge < -0.3 is 20.7 Å². The largest absolute Gasteiger partial charge is 0.399 e. The van der Waals surface area contributed by atoms with Crippen LogP contribution in [0.4, 0.5) is 11.5 Å². The molecule has 3 N–H and O–H groups in total. The summed E-state index contributed by atoms with van der Waals surface area (Å²) >= 11 is 0. The van der Waals surface area contributed by atoms with Gasteiger partial charge in [-0.2, -0.15) is 0 Å². The number of nitrogens with zero attached hydrogens (tertiary/aromatic N) is 3. The molecule has 1 saturated heterocycles. The van der Waals surface area contributed by atoms with E-state index in [-0.39, 0.29) is 0 Å². The first kappa shape index (κ1) is 15.4. The Hall–Kier alpha value is -2.18. The van der Waals surface area contributed by atoms with Gasteiger partial charge in [0.05, 0.1) is 24.9 Å². The predicted octanol–water partition coefficient (Wildman–Crippen LogP) is 1.60. The van der Waals surface area contributed by atoms with Gasteiger partial charge in [0.1, 0.15) is 5.82 Å². The van der Waals surface area contributed by atoms with Crippen LogP contribution >= 0.6 is 0 Å². The highest BCUT2D eigenvalue weighted by Crippen LogP contribution is 2.29. The molecule has 2 aliphatic heterocycles. The number of rotatable bonds is 2. The fourth-order valence-electron chi connectivity index (χ4n) is 3.38. The number of hydrogen-bond donors (Lipinski definition) is 2. The summed E-state index contributed by atoms with van der Waals surface area (Å²) in [6, 6.07) is 8.09. The molecular formula is C18H23N5O. The van der Waals surface area contributed by atoms with E-state index in [2.05, 4.69) is 17.1 Å². The van der Waals surface area contributed by atoms with Crippen LogP contribution in [0.3, 0.4) is 0 Å². The van der Waals surface area contributed by atoms with E-state index in [9.17, 15) is 0 Å². The van der Waals surface area contributed by atoms with Gasteiger partial charge in [-0.05, 0) is 44.2 Å². The van der Waals surface area contributed by atoms with Crippen LogP contribution in [0.1, 0.15) is 18.2 Å². The number of morpholine rings is 1. The number of aromatic nitrogens is 2. The van der Waals surface area contributed by atoms with Crippen LogP contribution in [0.25, 0.3) is 11.4 Å². The molecule has 4 rings (SSSR count). The Morgan fingerprint density at radius 3 is 2.88 bits per heavy atom. The molecule has 0 radical (unpaired) electrons. The molecular weight excluding hydrogens is 302 g/mol. The zero-order valence-corrected chi connectivity index (χ0v) is 14.0. The second kappa shape index (κ2) is 6.37. The highest BCUT2D eigenvalue weighted by atomic mass is 16.5. The van der Waals surface area contributed by atoms with Crippen LogP contribution < -0.4 is 16.0 Å². The number of nitrogens with one attached hydrogen (secondary N) is 1. The average molecular weight is 325 g/mol. The predicted molar refractivity (Wildman–Crippen MR) is 94.9 cm³/mol. The quantitative estimate of drug-likeness (QED) is 0.817. The fourth-order valence-corrected chi connectivity index (χ4v) is 3.38. The van der Waals surface area contributed by atoms with Crippen LogP contribution in [0.15, 0.2) is 24.3 Å². The Labute approximate surface area is 142 Å². The maximum Gasteiger partial charge on any atom is 0.161 e. The SMILES string of the molecule is CC1COCCN1c1nc(-c2ccc(N)cc2)nc2c1CCNC2. The molecule has 24 heavy (non-hydrogen) atoms. The molecule has 0 saturated carbocycles. The van der Waals surface area contributed by atoms with E-state index < -0.39 is 0 Å². The first-order valence-electron chi connectivity index (χ1n) is 8.53. The van der Waals surface area contributed by atoms with Gasteiger partial charge in [-0.15, -0.1) is 0 Å². The van der Waals surface area contributed by atoms with Crippen LogP contribution in [-0.2, 0) is 17.7 Å². The van der Waals surface area contributed by atoms with E-state index in [4.69, 9.17) is 20.4 Å². The lowest BCUT2D eigenvalue weighted by atomic mass is 10.0. The lowest BCUT2D eigenvalue weighted by Gasteiger charge is -2.36. The lowest BCUT2D eigenvalue weighted by Crippen LogP contribution is -2.45. The standard InChI is InChI=1S/C18H23N5O/c1-12-11-24-9-8-23(12)18-15-6-7-20-10-16(15)21-17(22-18)13-2-4-14(19)5-3-13/h2-5,12,20H,6-11,19H2,1H3. The smallest absolute Gasteiger partial charge is 0.161 e. The van der Waals surface area contributed by atoms with Crippen molar-refractivity contribution < 1.29 is 4.74 Å². The van der Waals surface area contributed by atoms with E-state index >= 15 is 0 Å². The molecule has 1 aromatic carbocycles. The molecule has 0 bridgehead atoms. The van der Waals surface area contributed by atoms with Gasteiger partial charge in [0, 0.05) is 29.9 Å². The number of hydrogen-bond acceptors (Lipinski definition) is 6. The molecule has 2 aromatic rings. The Kier molecular flexibility index (Phi) is 4.08. The average Bonchev–Trinajstić information content (AvgIpc) is 2.62. The molecule has 0 amide bonds. The first-order chi connectivity index (χ1) is 11.7. The van der Waals surface area contributed by atoms with Crippen LogP contribution in [0.2, 0.25) is 0 Å². The van der Waals surface area contributed by atoms with E-state index in [1.54, 1.807) is 0 Å². The van der Waals surface area contributed by atoms with Gasteiger partial charge in [0.15, 0.2) is 5.82 Å². The van der Waals surface area contributed by atoms with Gasteiger partial charge in [0.25, 0.3) is 0 Å². The minimum Gasteiger partial charge on any atom is -0.399 e. The van der Waals surface area contributed by atoms with E-state index in [1.165, 1.54) is 5.56 Å². The third kappa shape index (κ3) is 2.83. The third-order valence-corrected chi connectivity index (χ3v) is 4.72. The lowest BCUT2D eigenvalue weighted by molar-refractivity contribution is 0.0984. The number of benzene rings is 1. The molecule has 2 aliphatic rings. The molecule has 3 heterocycles. The van der Waals surface area contributed by atoms with Gasteiger partial charge >= 0.3 is 0 Å². The number of nitrogen functional groups attached to an aromatic ring is 1. The minimum atomic E-state index is 0.326. The molecule has 1 atom stereocenters. The summed E-state index contributed by atoms with van der Waals surface area (Å²) in [6.45, 7) is 6.33. The van der Waals surface area contributed by atoms with Gasteiger partial charge in [-0.25, -0.2) is 9.97 Å². The van der Waals surface area contributed by atoms with Crippen LogP contribution in [0.5, 0.6) is 0 Å². The molecule has 6 heteroatoms. The Morgan fingerprint density at radius 2 is 2.08 bits per heavy atom. The zero-order chi connectivity index (χ0) is 16.5. The Bertz CT molecular complexity index is 731. The van der Waals surface area contributed by atoms with Gasteiger partial charge in [-0.1, -0.05) is 0 Å². The molecule has 6 nitrogen and oxygen atoms in total. The van der Waals surface area contributed by atoms with Crippen molar-refractivity contribution >= 4 is 11.5 Å². The van der Waals surface area contributed by atoms with Gasteiger partial charge in [-0.3, -0.25) is 0 Å². The summed E-state index contributed by atoms with van der Waals surface area (Å²) in [5.74, 6) is 1.84. The maximum atomic E-state index is 5.81. The van der Waals surface area contributed by atoms with Crippen LogP contribution in [-0.4, -0.2) is 42.3 Å². The number of ether oxygens (including phenoxy) is 1. The molecule has 0 spiro atoms. The van der Waals surface area contributed by atoms with E-state index in [0.29, 0.717) is 6.04 Å². The summed E-state index contributed by atoms with van der Waals surface area (Å²) in [6.07, 6.45) is 0.969. The topological polar surface area (TPSA) is 76.3 Å². The highest BCUT2D eigenvalue weighted by Gasteiger charge is 2.26. The second-order valence-electron chi connectivity index (χ2n) is 6.46. The van der Waals surface area contributed by atoms with E-state index in [1.807, 2.05) is 24.3 Å². The minimum absolute atomic E-state index is 0.326. The summed E-state index contributed by atoms with van der Waals surface area (Å²) in [5.41, 5.74) is 9.95. The third-order valence-electron chi connectivity index (χ3n) is 4.72. The van der Waals surface area contributed by atoms with Crippen molar-refractivity contribution in [2.24, 2.45) is 0 Å². The fraction of sp³-hybridized carbons (Fsp3) is 0.444. The Balaban J connectivity index is 1.81. The van der Waals surface area contributed by atoms with Crippen molar-refractivity contribution in [3.05, 3.63) is 35.5 Å². The van der Waals surface area contributed by atoms with Crippen molar-refractivity contribution in [1.29, 1.82) is 0 Å².